The molecule has 1 saturated heterocycles. The summed E-state index contributed by atoms with van der Waals surface area (Å²) in [4.78, 5) is 14.4. The number of nitrogens with zero attached hydrogens (tertiary/aromatic N) is 2. The van der Waals surface area contributed by atoms with Crippen LogP contribution in [0.15, 0.2) is 36.4 Å². The molecular formula is C23H30N2O3. The number of likely N-dealkylation sites (N-methyl/N-ethyl adjacent to an activating group) is 1. The average Bonchev–Trinajstić information content (AvgIpc) is 3.19. The lowest BCUT2D eigenvalue weighted by atomic mass is 9.39. The van der Waals surface area contributed by atoms with Crippen molar-refractivity contribution in [3.8, 4) is 0 Å². The maximum atomic E-state index is 10.4. The third-order valence-electron chi connectivity index (χ3n) is 8.57. The maximum Gasteiger partial charge on any atom is 0.300 e. The quantitative estimate of drug-likeness (QED) is 0.731. The number of carboxylic acid groups (broad SMARTS) is 1. The van der Waals surface area contributed by atoms with E-state index in [1.165, 1.54) is 31.5 Å². The van der Waals surface area contributed by atoms with Gasteiger partial charge in [0.1, 0.15) is 0 Å². The zero-order valence-corrected chi connectivity index (χ0v) is 16.8. The maximum absolute atomic E-state index is 10.4. The van der Waals surface area contributed by atoms with Crippen molar-refractivity contribution in [1.82, 2.24) is 4.90 Å². The minimum atomic E-state index is -0.833. The van der Waals surface area contributed by atoms with Gasteiger partial charge < -0.3 is 15.1 Å². The number of aliphatic hydroxyl groups is 1. The molecule has 4 fully saturated rings. The summed E-state index contributed by atoms with van der Waals surface area (Å²) in [7, 11) is 2.30. The standard InChI is InChI=1S/C21H26N2O.C2H4O2/c1-22-17-6-3-2-5-16(17)20-10-12-23-11-4-7-19(18(20)23)8-9-21(20,22)15(13-19)14-24;1-2(3)4/h2-7,15,18,24H,8-14H2,1H3;1H3,(H,3,4)/t15?,18-,19+,20+,21-;/m1./s1. The Kier molecular flexibility index (Phi) is 3.79. The van der Waals surface area contributed by atoms with Gasteiger partial charge in [-0.1, -0.05) is 30.4 Å². The molecule has 5 heteroatoms. The molecule has 2 N–H and O–H groups in total. The molecular weight excluding hydrogens is 352 g/mol. The third kappa shape index (κ3) is 1.87. The molecule has 1 unspecified atom stereocenters. The number of carbonyl (C=O) groups is 1. The van der Waals surface area contributed by atoms with Gasteiger partial charge in [0.05, 0.1) is 5.54 Å². The minimum Gasteiger partial charge on any atom is -0.481 e. The minimum absolute atomic E-state index is 0.109. The Morgan fingerprint density at radius 2 is 2.00 bits per heavy atom. The largest absolute Gasteiger partial charge is 0.481 e. The number of benzene rings is 1. The highest BCUT2D eigenvalue weighted by molar-refractivity contribution is 5.70. The molecule has 0 radical (unpaired) electrons. The topological polar surface area (TPSA) is 64.0 Å². The molecule has 150 valence electrons. The summed E-state index contributed by atoms with van der Waals surface area (Å²) >= 11 is 0. The zero-order chi connectivity index (χ0) is 19.7. The van der Waals surface area contributed by atoms with Gasteiger partial charge in [0.15, 0.2) is 0 Å². The second-order valence-electron chi connectivity index (χ2n) is 9.36. The fourth-order valence-corrected chi connectivity index (χ4v) is 8.09. The van der Waals surface area contributed by atoms with Gasteiger partial charge in [-0.05, 0) is 43.9 Å². The second kappa shape index (κ2) is 5.83. The first-order valence-electron chi connectivity index (χ1n) is 10.5. The van der Waals surface area contributed by atoms with Crippen molar-refractivity contribution < 1.29 is 15.0 Å². The Morgan fingerprint density at radius 3 is 2.75 bits per heavy atom. The van der Waals surface area contributed by atoms with Crippen molar-refractivity contribution in [3.05, 3.63) is 42.0 Å². The number of hydrogen-bond donors (Lipinski definition) is 2. The van der Waals surface area contributed by atoms with Crippen LogP contribution in [0, 0.1) is 11.3 Å². The summed E-state index contributed by atoms with van der Waals surface area (Å²) in [6.45, 7) is 3.72. The van der Waals surface area contributed by atoms with Gasteiger partial charge in [-0.25, -0.2) is 0 Å². The number of para-hydroxylation sites is 1. The van der Waals surface area contributed by atoms with Crippen LogP contribution in [0.3, 0.4) is 0 Å². The van der Waals surface area contributed by atoms with E-state index in [0.29, 0.717) is 18.6 Å². The highest BCUT2D eigenvalue weighted by Crippen LogP contribution is 2.74. The van der Waals surface area contributed by atoms with Gasteiger partial charge in [0.2, 0.25) is 0 Å². The number of aliphatic carboxylic acids is 1. The fourth-order valence-electron chi connectivity index (χ4n) is 8.09. The Hall–Kier alpha value is -1.85. The van der Waals surface area contributed by atoms with Gasteiger partial charge in [-0.15, -0.1) is 0 Å². The lowest BCUT2D eigenvalue weighted by molar-refractivity contribution is -0.134. The molecule has 5 nitrogen and oxygen atoms in total. The summed E-state index contributed by atoms with van der Waals surface area (Å²) in [6, 6.07) is 9.74. The zero-order valence-electron chi connectivity index (χ0n) is 16.8. The third-order valence-corrected chi connectivity index (χ3v) is 8.57. The number of aliphatic hydroxyl groups excluding tert-OH is 1. The van der Waals surface area contributed by atoms with Crippen molar-refractivity contribution in [2.45, 2.75) is 49.6 Å². The second-order valence-corrected chi connectivity index (χ2v) is 9.36. The van der Waals surface area contributed by atoms with Crippen LogP contribution >= 0.6 is 0 Å². The Morgan fingerprint density at radius 1 is 1.25 bits per heavy atom. The van der Waals surface area contributed by atoms with Gasteiger partial charge in [0, 0.05) is 55.6 Å². The fraction of sp³-hybridized carbons (Fsp3) is 0.609. The van der Waals surface area contributed by atoms with Crippen molar-refractivity contribution >= 4 is 11.7 Å². The predicted molar refractivity (Wildman–Crippen MR) is 109 cm³/mol. The summed E-state index contributed by atoms with van der Waals surface area (Å²) in [5, 5.41) is 17.8. The van der Waals surface area contributed by atoms with Crippen molar-refractivity contribution in [2.24, 2.45) is 11.3 Å². The van der Waals surface area contributed by atoms with Crippen LogP contribution in [0.2, 0.25) is 0 Å². The number of fused-ring (bicyclic) bond motifs is 3. The molecule has 3 aliphatic heterocycles. The van der Waals surface area contributed by atoms with E-state index >= 15 is 0 Å². The highest BCUT2D eigenvalue weighted by atomic mass is 16.4. The molecule has 3 aliphatic carbocycles. The van der Waals surface area contributed by atoms with Crippen molar-refractivity contribution in [1.29, 1.82) is 0 Å². The predicted octanol–water partition coefficient (Wildman–Crippen LogP) is 2.64. The molecule has 28 heavy (non-hydrogen) atoms. The first kappa shape index (κ1) is 18.2. The summed E-state index contributed by atoms with van der Waals surface area (Å²) < 4.78 is 0. The molecule has 1 aromatic carbocycles. The van der Waals surface area contributed by atoms with E-state index in [2.05, 4.69) is 53.3 Å². The number of rotatable bonds is 1. The summed E-state index contributed by atoms with van der Waals surface area (Å²) in [5.41, 5.74) is 3.58. The molecule has 3 saturated carbocycles. The van der Waals surface area contributed by atoms with E-state index < -0.39 is 5.97 Å². The van der Waals surface area contributed by atoms with Crippen molar-refractivity contribution in [2.75, 3.05) is 31.6 Å². The number of carboxylic acids is 1. The smallest absolute Gasteiger partial charge is 0.300 e. The number of anilines is 1. The average molecular weight is 383 g/mol. The number of hydrogen-bond acceptors (Lipinski definition) is 4. The van der Waals surface area contributed by atoms with E-state index in [1.807, 2.05) is 0 Å². The lowest BCUT2D eigenvalue weighted by Gasteiger charge is -2.69. The molecule has 0 amide bonds. The Balaban J connectivity index is 0.000000393. The van der Waals surface area contributed by atoms with Crippen LogP contribution in [-0.4, -0.2) is 59.4 Å². The van der Waals surface area contributed by atoms with E-state index in [1.54, 1.807) is 5.56 Å². The Bertz CT molecular complexity index is 850. The molecule has 2 bridgehead atoms. The normalized spacial score (nSPS) is 41.8. The van der Waals surface area contributed by atoms with E-state index in [0.717, 1.165) is 19.9 Å². The molecule has 5 atom stereocenters. The summed E-state index contributed by atoms with van der Waals surface area (Å²) in [5.74, 6) is -0.456. The van der Waals surface area contributed by atoms with E-state index in [-0.39, 0.29) is 16.4 Å². The molecule has 3 spiro atoms. The lowest BCUT2D eigenvalue weighted by Crippen LogP contribution is -2.77. The molecule has 1 aromatic rings. The first-order chi connectivity index (χ1) is 13.4. The molecule has 6 aliphatic rings. The molecule has 3 heterocycles. The highest BCUT2D eigenvalue weighted by Gasteiger charge is 2.78. The molecule has 7 rings (SSSR count). The van der Waals surface area contributed by atoms with Gasteiger partial charge in [0.25, 0.3) is 5.97 Å². The van der Waals surface area contributed by atoms with Crippen LogP contribution in [-0.2, 0) is 10.2 Å². The molecule has 0 aromatic heterocycles. The monoisotopic (exact) mass is 382 g/mol. The first-order valence-corrected chi connectivity index (χ1v) is 10.5. The van der Waals surface area contributed by atoms with Crippen LogP contribution in [0.1, 0.15) is 38.2 Å². The van der Waals surface area contributed by atoms with Gasteiger partial charge in [-0.2, -0.15) is 0 Å². The van der Waals surface area contributed by atoms with Crippen LogP contribution in [0.5, 0.6) is 0 Å². The van der Waals surface area contributed by atoms with Gasteiger partial charge >= 0.3 is 0 Å². The van der Waals surface area contributed by atoms with Crippen LogP contribution < -0.4 is 4.90 Å². The van der Waals surface area contributed by atoms with Crippen molar-refractivity contribution in [3.63, 3.8) is 0 Å². The summed E-state index contributed by atoms with van der Waals surface area (Å²) in [6.07, 6.45) is 9.86. The van der Waals surface area contributed by atoms with Crippen LogP contribution in [0.25, 0.3) is 0 Å². The van der Waals surface area contributed by atoms with Gasteiger partial charge in [-0.3, -0.25) is 9.69 Å². The van der Waals surface area contributed by atoms with E-state index in [9.17, 15) is 5.11 Å². The SMILES string of the molecule is CC(=O)O.CN1c2ccccc2[C@]23CCN4CC=C[C@@]5(CC[C@]12C(CO)C5)[C@@H]43. The van der Waals surface area contributed by atoms with Crippen LogP contribution in [0.4, 0.5) is 5.69 Å². The Labute approximate surface area is 166 Å². The van der Waals surface area contributed by atoms with E-state index in [4.69, 9.17) is 9.90 Å².